The molecule has 0 aromatic rings. The number of rotatable bonds is 5. The van der Waals surface area contributed by atoms with Crippen LogP contribution in [0.5, 0.6) is 0 Å². The van der Waals surface area contributed by atoms with Gasteiger partial charge in [-0.25, -0.2) is 4.79 Å². The second-order valence-corrected chi connectivity index (χ2v) is 7.60. The monoisotopic (exact) mass is 298 g/mol. The fourth-order valence-electron chi connectivity index (χ4n) is 2.89. The van der Waals surface area contributed by atoms with Gasteiger partial charge < -0.3 is 15.0 Å². The van der Waals surface area contributed by atoms with Gasteiger partial charge in [0.05, 0.1) is 0 Å². The van der Waals surface area contributed by atoms with E-state index in [0.717, 1.165) is 32.5 Å². The van der Waals surface area contributed by atoms with Crippen LogP contribution in [-0.4, -0.2) is 42.3 Å². The maximum absolute atomic E-state index is 12.1. The Labute approximate surface area is 130 Å². The van der Waals surface area contributed by atoms with Crippen molar-refractivity contribution >= 4 is 6.09 Å². The molecule has 0 bridgehead atoms. The van der Waals surface area contributed by atoms with Crippen molar-refractivity contribution in [3.8, 4) is 0 Å². The number of carbonyl (C=O) groups excluding carboxylic acids is 1. The molecule has 0 radical (unpaired) electrons. The average Bonchev–Trinajstić information content (AvgIpc) is 2.37. The zero-order valence-corrected chi connectivity index (χ0v) is 14.7. The Kier molecular flexibility index (Phi) is 6.98. The molecule has 0 spiro atoms. The molecular weight excluding hydrogens is 264 g/mol. The zero-order valence-electron chi connectivity index (χ0n) is 14.7. The molecule has 4 nitrogen and oxygen atoms in total. The number of hydrogen-bond donors (Lipinski definition) is 1. The number of ether oxygens (including phenoxy) is 1. The number of nitrogens with one attached hydrogen (secondary N) is 1. The van der Waals surface area contributed by atoms with Gasteiger partial charge in [0.25, 0.3) is 0 Å². The summed E-state index contributed by atoms with van der Waals surface area (Å²) < 4.78 is 5.48. The Bertz CT molecular complexity index is 323. The first-order valence-corrected chi connectivity index (χ1v) is 8.44. The highest BCUT2D eigenvalue weighted by Gasteiger charge is 2.27. The van der Waals surface area contributed by atoms with Gasteiger partial charge in [-0.05, 0) is 58.4 Å². The molecule has 1 N–H and O–H groups in total. The van der Waals surface area contributed by atoms with Crippen LogP contribution in [-0.2, 0) is 4.74 Å². The first kappa shape index (κ1) is 18.3. The Morgan fingerprint density at radius 2 is 2.05 bits per heavy atom. The molecule has 0 saturated carbocycles. The van der Waals surface area contributed by atoms with Gasteiger partial charge in [0.2, 0.25) is 0 Å². The third-order valence-corrected chi connectivity index (χ3v) is 4.08. The van der Waals surface area contributed by atoms with Crippen molar-refractivity contribution in [3.63, 3.8) is 0 Å². The normalized spacial score (nSPS) is 21.5. The summed E-state index contributed by atoms with van der Waals surface area (Å²) >= 11 is 0. The van der Waals surface area contributed by atoms with E-state index in [0.29, 0.717) is 17.9 Å². The van der Waals surface area contributed by atoms with Gasteiger partial charge in [-0.3, -0.25) is 0 Å². The summed E-state index contributed by atoms with van der Waals surface area (Å²) in [5.41, 5.74) is -0.409. The summed E-state index contributed by atoms with van der Waals surface area (Å²) in [6.07, 6.45) is 3.26. The molecule has 1 amide bonds. The van der Waals surface area contributed by atoms with E-state index in [1.165, 1.54) is 6.42 Å². The van der Waals surface area contributed by atoms with Crippen molar-refractivity contribution in [2.75, 3.05) is 19.6 Å². The van der Waals surface area contributed by atoms with E-state index in [-0.39, 0.29) is 6.09 Å². The number of hydrogen-bond acceptors (Lipinski definition) is 3. The van der Waals surface area contributed by atoms with Crippen LogP contribution in [0.4, 0.5) is 4.79 Å². The SMILES string of the molecule is CCC(NCC1CCCN(C(=O)OC(C)(C)C)C1)C(C)C. The van der Waals surface area contributed by atoms with Crippen molar-refractivity contribution in [3.05, 3.63) is 0 Å². The molecule has 4 heteroatoms. The predicted octanol–water partition coefficient (Wildman–Crippen LogP) is 3.66. The Hall–Kier alpha value is -0.770. The third kappa shape index (κ3) is 6.68. The van der Waals surface area contributed by atoms with E-state index in [1.807, 2.05) is 25.7 Å². The van der Waals surface area contributed by atoms with Crippen LogP contribution in [0.15, 0.2) is 0 Å². The standard InChI is InChI=1S/C17H34N2O2/c1-7-15(13(2)3)18-11-14-9-8-10-19(12-14)16(20)21-17(4,5)6/h13-15,18H,7-12H2,1-6H3. The fraction of sp³-hybridized carbons (Fsp3) is 0.941. The third-order valence-electron chi connectivity index (χ3n) is 4.08. The Morgan fingerprint density at radius 1 is 1.38 bits per heavy atom. The number of carbonyl (C=O) groups is 1. The highest BCUT2D eigenvalue weighted by atomic mass is 16.6. The molecule has 1 aliphatic rings. The molecule has 0 aromatic carbocycles. The van der Waals surface area contributed by atoms with Crippen LogP contribution < -0.4 is 5.32 Å². The topological polar surface area (TPSA) is 41.6 Å². The van der Waals surface area contributed by atoms with Crippen LogP contribution in [0.1, 0.15) is 60.8 Å². The number of amides is 1. The molecule has 124 valence electrons. The highest BCUT2D eigenvalue weighted by Crippen LogP contribution is 2.19. The van der Waals surface area contributed by atoms with Crippen LogP contribution in [0.3, 0.4) is 0 Å². The molecular formula is C17H34N2O2. The molecule has 1 fully saturated rings. The van der Waals surface area contributed by atoms with Gasteiger partial charge >= 0.3 is 6.09 Å². The number of nitrogens with zero attached hydrogens (tertiary/aromatic N) is 1. The summed E-state index contributed by atoms with van der Waals surface area (Å²) in [7, 11) is 0. The van der Waals surface area contributed by atoms with Crippen molar-refractivity contribution < 1.29 is 9.53 Å². The van der Waals surface area contributed by atoms with Crippen molar-refractivity contribution in [2.24, 2.45) is 11.8 Å². The zero-order chi connectivity index (χ0) is 16.0. The van der Waals surface area contributed by atoms with Gasteiger partial charge in [-0.15, -0.1) is 0 Å². The molecule has 2 unspecified atom stereocenters. The molecule has 1 saturated heterocycles. The van der Waals surface area contributed by atoms with Crippen LogP contribution >= 0.6 is 0 Å². The van der Waals surface area contributed by atoms with E-state index >= 15 is 0 Å². The van der Waals surface area contributed by atoms with Crippen LogP contribution in [0, 0.1) is 11.8 Å². The molecule has 1 aliphatic heterocycles. The van der Waals surface area contributed by atoms with Gasteiger partial charge in [-0.1, -0.05) is 20.8 Å². The summed E-state index contributed by atoms with van der Waals surface area (Å²) in [6, 6.07) is 0.571. The smallest absolute Gasteiger partial charge is 0.410 e. The lowest BCUT2D eigenvalue weighted by molar-refractivity contribution is 0.0164. The van der Waals surface area contributed by atoms with Gasteiger partial charge in [0.15, 0.2) is 0 Å². The molecule has 0 aromatic heterocycles. The summed E-state index contributed by atoms with van der Waals surface area (Å²) in [5.74, 6) is 1.19. The van der Waals surface area contributed by atoms with Gasteiger partial charge in [0, 0.05) is 19.1 Å². The van der Waals surface area contributed by atoms with E-state index in [4.69, 9.17) is 4.74 Å². The second-order valence-electron chi connectivity index (χ2n) is 7.60. The average molecular weight is 298 g/mol. The van der Waals surface area contributed by atoms with E-state index in [2.05, 4.69) is 26.1 Å². The molecule has 1 heterocycles. The lowest BCUT2D eigenvalue weighted by Crippen LogP contribution is -2.46. The molecule has 1 rings (SSSR count). The second kappa shape index (κ2) is 8.02. The minimum absolute atomic E-state index is 0.164. The maximum Gasteiger partial charge on any atom is 0.410 e. The van der Waals surface area contributed by atoms with Crippen molar-refractivity contribution in [1.29, 1.82) is 0 Å². The number of piperidine rings is 1. The predicted molar refractivity (Wildman–Crippen MR) is 87.5 cm³/mol. The minimum Gasteiger partial charge on any atom is -0.444 e. The molecule has 0 aliphatic carbocycles. The van der Waals surface area contributed by atoms with E-state index in [1.54, 1.807) is 0 Å². The maximum atomic E-state index is 12.1. The molecule has 21 heavy (non-hydrogen) atoms. The summed E-state index contributed by atoms with van der Waals surface area (Å²) in [5, 5.41) is 3.67. The van der Waals surface area contributed by atoms with Crippen molar-refractivity contribution in [2.45, 2.75) is 72.4 Å². The van der Waals surface area contributed by atoms with Crippen LogP contribution in [0.25, 0.3) is 0 Å². The lowest BCUT2D eigenvalue weighted by Gasteiger charge is -2.35. The molecule has 2 atom stereocenters. The van der Waals surface area contributed by atoms with E-state index < -0.39 is 5.60 Å². The quantitative estimate of drug-likeness (QED) is 0.842. The number of likely N-dealkylation sites (tertiary alicyclic amines) is 1. The fourth-order valence-corrected chi connectivity index (χ4v) is 2.89. The van der Waals surface area contributed by atoms with Gasteiger partial charge in [-0.2, -0.15) is 0 Å². The first-order chi connectivity index (χ1) is 9.73. The minimum atomic E-state index is -0.409. The van der Waals surface area contributed by atoms with E-state index in [9.17, 15) is 4.79 Å². The summed E-state index contributed by atoms with van der Waals surface area (Å²) in [6.45, 7) is 15.1. The lowest BCUT2D eigenvalue weighted by atomic mass is 9.96. The van der Waals surface area contributed by atoms with Crippen molar-refractivity contribution in [1.82, 2.24) is 10.2 Å². The van der Waals surface area contributed by atoms with Crippen LogP contribution in [0.2, 0.25) is 0 Å². The highest BCUT2D eigenvalue weighted by molar-refractivity contribution is 5.68. The Balaban J connectivity index is 2.43. The first-order valence-electron chi connectivity index (χ1n) is 8.44. The summed E-state index contributed by atoms with van der Waals surface area (Å²) in [4.78, 5) is 14.0. The Morgan fingerprint density at radius 3 is 2.57 bits per heavy atom. The largest absolute Gasteiger partial charge is 0.444 e. The van der Waals surface area contributed by atoms with Gasteiger partial charge in [0.1, 0.15) is 5.60 Å².